The molecule has 3 saturated heterocycles. The van der Waals surface area contributed by atoms with Gasteiger partial charge in [0.2, 0.25) is 11.8 Å². The van der Waals surface area contributed by atoms with E-state index in [-0.39, 0.29) is 49.6 Å². The SMILES string of the molecule is CN1C[C@H](OCCOCCOCCOCCN2C(=O)C3C=CC=CC3C2=O)C[C@H]1COc1nc2c(c(N3CCN(C(=O)OC(C)(C)C)[C@@H](CC#N)C3)n1)CCN(c1cccc3ccccc13)C2. The first-order valence-electron chi connectivity index (χ1n) is 23.6. The first-order valence-corrected chi connectivity index (χ1v) is 23.6. The summed E-state index contributed by atoms with van der Waals surface area (Å²) in [5, 5.41) is 12.2. The number of carbonyl (C=O) groups is 3. The van der Waals surface area contributed by atoms with E-state index < -0.39 is 23.5 Å². The normalized spacial score (nSPS) is 22.9. The number of aromatic nitrogens is 2. The number of ether oxygens (including phenoxy) is 6. The lowest BCUT2D eigenvalue weighted by Crippen LogP contribution is -2.56. The minimum absolute atomic E-state index is 0.0197. The molecule has 1 aromatic heterocycles. The van der Waals surface area contributed by atoms with Crippen molar-refractivity contribution >= 4 is 40.2 Å². The number of piperazine rings is 1. The number of hydrogen-bond donors (Lipinski definition) is 0. The molecule has 8 rings (SSSR count). The van der Waals surface area contributed by atoms with Gasteiger partial charge in [0.05, 0.1) is 102 Å². The lowest BCUT2D eigenvalue weighted by atomic mass is 9.91. The van der Waals surface area contributed by atoms with Gasteiger partial charge in [0, 0.05) is 55.4 Å². The van der Waals surface area contributed by atoms with Crippen molar-refractivity contribution in [2.24, 2.45) is 11.8 Å². The number of nitriles is 1. The zero-order valence-corrected chi connectivity index (χ0v) is 39.2. The van der Waals surface area contributed by atoms with Crippen LogP contribution in [0.25, 0.3) is 10.8 Å². The summed E-state index contributed by atoms with van der Waals surface area (Å²) in [5.41, 5.74) is 2.48. The van der Waals surface area contributed by atoms with Crippen LogP contribution in [0.5, 0.6) is 6.01 Å². The molecule has 0 N–H and O–H groups in total. The second-order valence-electron chi connectivity index (χ2n) is 18.7. The van der Waals surface area contributed by atoms with Crippen LogP contribution in [0.3, 0.4) is 0 Å². The Morgan fingerprint density at radius 3 is 2.25 bits per heavy atom. The number of hydrogen-bond acceptors (Lipinski definition) is 15. The van der Waals surface area contributed by atoms with Gasteiger partial charge in [-0.25, -0.2) is 4.79 Å². The summed E-state index contributed by atoms with van der Waals surface area (Å²) < 4.78 is 35.4. The molecule has 5 atom stereocenters. The van der Waals surface area contributed by atoms with E-state index in [1.54, 1.807) is 17.1 Å². The molecule has 67 heavy (non-hydrogen) atoms. The van der Waals surface area contributed by atoms with Gasteiger partial charge in [0.25, 0.3) is 0 Å². The van der Waals surface area contributed by atoms with Gasteiger partial charge >= 0.3 is 12.1 Å². The summed E-state index contributed by atoms with van der Waals surface area (Å²) in [7, 11) is 2.07. The number of likely N-dealkylation sites (tertiary alicyclic amines) is 2. The first-order chi connectivity index (χ1) is 32.5. The Hall–Kier alpha value is -5.64. The fraction of sp³-hybridized carbons (Fsp3) is 0.560. The standard InChI is InChI=1S/C50H64N8O9/c1-50(2,3)67-49(61)57-21-20-56(31-36(57)16-18-51)45-42-17-19-55(44-15-9-11-35-10-5-6-12-39(35)44)33-43(42)52-48(53-45)66-34-37-30-38(32-54(37)4)65-29-28-64-27-26-63-25-24-62-23-22-58-46(59)40-13-7-8-14-41(40)47(58)60/h5-15,36-38,40-41H,16-17,19-34H2,1-4H3/t36-,37-,38+,40?,41?/m0/s1. The molecule has 3 amide bonds. The number of amides is 3. The van der Waals surface area contributed by atoms with E-state index in [1.165, 1.54) is 15.7 Å². The number of nitrogens with zero attached hydrogens (tertiary/aromatic N) is 8. The molecular weight excluding hydrogens is 857 g/mol. The highest BCUT2D eigenvalue weighted by Gasteiger charge is 2.45. The molecule has 4 aliphatic heterocycles. The number of rotatable bonds is 19. The third-order valence-corrected chi connectivity index (χ3v) is 12.9. The molecule has 0 radical (unpaired) electrons. The first kappa shape index (κ1) is 47.8. The van der Waals surface area contributed by atoms with Crippen molar-refractivity contribution in [1.82, 2.24) is 24.7 Å². The van der Waals surface area contributed by atoms with Crippen LogP contribution in [0.2, 0.25) is 0 Å². The van der Waals surface area contributed by atoms with E-state index in [2.05, 4.69) is 70.3 Å². The topological polar surface area (TPSA) is 172 Å². The molecule has 5 aliphatic rings. The summed E-state index contributed by atoms with van der Waals surface area (Å²) in [5.74, 6) is -0.323. The Morgan fingerprint density at radius 2 is 1.52 bits per heavy atom. The van der Waals surface area contributed by atoms with E-state index in [4.69, 9.17) is 38.4 Å². The molecule has 17 heteroatoms. The van der Waals surface area contributed by atoms with Crippen molar-refractivity contribution in [3.63, 3.8) is 0 Å². The molecule has 0 saturated carbocycles. The van der Waals surface area contributed by atoms with Crippen molar-refractivity contribution < 1.29 is 42.8 Å². The quantitative estimate of drug-likeness (QED) is 0.119. The van der Waals surface area contributed by atoms with E-state index in [1.807, 2.05) is 32.9 Å². The molecule has 2 aromatic carbocycles. The number of anilines is 2. The van der Waals surface area contributed by atoms with Crippen molar-refractivity contribution in [1.29, 1.82) is 5.26 Å². The minimum atomic E-state index is -0.649. The maximum atomic E-state index is 13.3. The fourth-order valence-corrected chi connectivity index (χ4v) is 9.55. The third-order valence-electron chi connectivity index (χ3n) is 12.9. The Morgan fingerprint density at radius 1 is 0.821 bits per heavy atom. The maximum absolute atomic E-state index is 13.3. The molecule has 3 fully saturated rings. The number of allylic oxidation sites excluding steroid dienone is 2. The molecule has 1 aliphatic carbocycles. The van der Waals surface area contributed by atoms with Gasteiger partial charge in [-0.2, -0.15) is 15.2 Å². The summed E-state index contributed by atoms with van der Waals surface area (Å²) in [6, 6.07) is 17.1. The van der Waals surface area contributed by atoms with Gasteiger partial charge in [0.15, 0.2) is 0 Å². The van der Waals surface area contributed by atoms with Crippen LogP contribution in [0.1, 0.15) is 44.9 Å². The van der Waals surface area contributed by atoms with E-state index in [0.717, 1.165) is 48.7 Å². The zero-order valence-electron chi connectivity index (χ0n) is 39.2. The van der Waals surface area contributed by atoms with E-state index in [0.29, 0.717) is 78.4 Å². The molecular formula is C50H64N8O9. The number of benzene rings is 2. The van der Waals surface area contributed by atoms with E-state index in [9.17, 15) is 19.6 Å². The highest BCUT2D eigenvalue weighted by molar-refractivity contribution is 6.07. The largest absolute Gasteiger partial charge is 0.462 e. The van der Waals surface area contributed by atoms with Crippen LogP contribution in [0.15, 0.2) is 66.8 Å². The maximum Gasteiger partial charge on any atom is 0.410 e. The highest BCUT2D eigenvalue weighted by Crippen LogP contribution is 2.36. The van der Waals surface area contributed by atoms with Crippen LogP contribution in [-0.4, -0.2) is 166 Å². The predicted octanol–water partition coefficient (Wildman–Crippen LogP) is 4.78. The number of carbonyl (C=O) groups excluding carboxylic acids is 3. The van der Waals surface area contributed by atoms with Gasteiger partial charge in [-0.05, 0) is 52.1 Å². The van der Waals surface area contributed by atoms with Crippen LogP contribution in [0, 0.1) is 23.2 Å². The molecule has 2 unspecified atom stereocenters. The van der Waals surface area contributed by atoms with Crippen LogP contribution < -0.4 is 14.5 Å². The number of likely N-dealkylation sites (N-methyl/N-ethyl adjacent to an activating group) is 1. The predicted molar refractivity (Wildman–Crippen MR) is 251 cm³/mol. The Bertz CT molecular complexity index is 2290. The Kier molecular flexibility index (Phi) is 15.7. The molecule has 358 valence electrons. The lowest BCUT2D eigenvalue weighted by Gasteiger charge is -2.42. The van der Waals surface area contributed by atoms with E-state index >= 15 is 0 Å². The smallest absolute Gasteiger partial charge is 0.410 e. The molecule has 5 heterocycles. The highest BCUT2D eigenvalue weighted by atomic mass is 16.6. The summed E-state index contributed by atoms with van der Waals surface area (Å²) in [6.45, 7) is 12.4. The Balaban J connectivity index is 0.807. The summed E-state index contributed by atoms with van der Waals surface area (Å²) in [4.78, 5) is 58.3. The van der Waals surface area contributed by atoms with Gasteiger partial charge in [-0.1, -0.05) is 60.7 Å². The molecule has 0 bridgehead atoms. The van der Waals surface area contributed by atoms with Gasteiger partial charge < -0.3 is 43.1 Å². The average Bonchev–Trinajstić information content (AvgIpc) is 3.80. The second-order valence-corrected chi connectivity index (χ2v) is 18.7. The van der Waals surface area contributed by atoms with Gasteiger partial charge in [0.1, 0.15) is 18.0 Å². The second kappa shape index (κ2) is 22.0. The Labute approximate surface area is 393 Å². The van der Waals surface area contributed by atoms with Crippen LogP contribution in [-0.2, 0) is 46.2 Å². The van der Waals surface area contributed by atoms with Gasteiger partial charge in [-0.3, -0.25) is 19.4 Å². The molecule has 3 aromatic rings. The summed E-state index contributed by atoms with van der Waals surface area (Å²) in [6.07, 6.45) is 8.48. The molecule has 17 nitrogen and oxygen atoms in total. The number of imide groups is 1. The van der Waals surface area contributed by atoms with Crippen molar-refractivity contribution in [2.45, 2.75) is 70.4 Å². The molecule has 0 spiro atoms. The minimum Gasteiger partial charge on any atom is -0.462 e. The van der Waals surface area contributed by atoms with Gasteiger partial charge in [-0.15, -0.1) is 0 Å². The van der Waals surface area contributed by atoms with Crippen LogP contribution >= 0.6 is 0 Å². The third kappa shape index (κ3) is 11.7. The number of fused-ring (bicyclic) bond motifs is 3. The van der Waals surface area contributed by atoms with Crippen molar-refractivity contribution in [3.05, 3.63) is 78.0 Å². The monoisotopic (exact) mass is 920 g/mol. The average molecular weight is 921 g/mol. The zero-order chi connectivity index (χ0) is 46.9. The van der Waals surface area contributed by atoms with Crippen LogP contribution in [0.4, 0.5) is 16.3 Å². The lowest BCUT2D eigenvalue weighted by molar-refractivity contribution is -0.140. The van der Waals surface area contributed by atoms with Crippen molar-refractivity contribution in [3.8, 4) is 12.1 Å². The fourth-order valence-electron chi connectivity index (χ4n) is 9.55. The summed E-state index contributed by atoms with van der Waals surface area (Å²) >= 11 is 0. The van der Waals surface area contributed by atoms with Crippen molar-refractivity contribution in [2.75, 3.05) is 109 Å².